The van der Waals surface area contributed by atoms with Crippen LogP contribution >= 0.6 is 27.5 Å². The lowest BCUT2D eigenvalue weighted by molar-refractivity contribution is 0.356. The molecule has 0 unspecified atom stereocenters. The van der Waals surface area contributed by atoms with Crippen molar-refractivity contribution in [2.75, 3.05) is 14.2 Å². The summed E-state index contributed by atoms with van der Waals surface area (Å²) in [5.74, 6) is 1.30. The van der Waals surface area contributed by atoms with Gasteiger partial charge < -0.3 is 9.47 Å². The van der Waals surface area contributed by atoms with Crippen LogP contribution in [0.1, 0.15) is 0 Å². The van der Waals surface area contributed by atoms with Crippen molar-refractivity contribution in [3.05, 3.63) is 28.0 Å². The number of methoxy groups -OCH3 is 2. The molecule has 1 aromatic carbocycles. The van der Waals surface area contributed by atoms with E-state index in [-0.39, 0.29) is 0 Å². The van der Waals surface area contributed by atoms with Crippen molar-refractivity contribution in [2.45, 2.75) is 0 Å². The fourth-order valence-corrected chi connectivity index (χ4v) is 2.14. The van der Waals surface area contributed by atoms with Crippen LogP contribution in [0.3, 0.4) is 0 Å². The van der Waals surface area contributed by atoms with E-state index in [0.29, 0.717) is 16.7 Å². The second kappa shape index (κ2) is 4.47. The Morgan fingerprint density at radius 1 is 1.12 bits per heavy atom. The lowest BCUT2D eigenvalue weighted by Gasteiger charge is -2.10. The second-order valence-electron chi connectivity index (χ2n) is 3.15. The van der Waals surface area contributed by atoms with Crippen molar-refractivity contribution in [1.29, 1.82) is 0 Å². The topological polar surface area (TPSA) is 31.4 Å². The number of hydrogen-bond donors (Lipinski definition) is 0. The quantitative estimate of drug-likeness (QED) is 0.793. The van der Waals surface area contributed by atoms with E-state index in [9.17, 15) is 0 Å². The largest absolute Gasteiger partial charge is 0.493 e. The summed E-state index contributed by atoms with van der Waals surface area (Å²) >= 11 is 9.45. The van der Waals surface area contributed by atoms with Gasteiger partial charge in [0.05, 0.1) is 14.2 Å². The van der Waals surface area contributed by atoms with E-state index in [4.69, 9.17) is 21.1 Å². The van der Waals surface area contributed by atoms with Gasteiger partial charge in [-0.25, -0.2) is 4.98 Å². The van der Waals surface area contributed by atoms with E-state index < -0.39 is 0 Å². The highest BCUT2D eigenvalue weighted by atomic mass is 79.9. The summed E-state index contributed by atoms with van der Waals surface area (Å²) in [4.78, 5) is 4.06. The Kier molecular flexibility index (Phi) is 3.21. The zero-order chi connectivity index (χ0) is 11.7. The first kappa shape index (κ1) is 11.5. The molecule has 2 aromatic rings. The summed E-state index contributed by atoms with van der Waals surface area (Å²) in [6, 6.07) is 3.68. The minimum atomic E-state index is 0.444. The second-order valence-corrected chi connectivity index (χ2v) is 4.36. The van der Waals surface area contributed by atoms with Gasteiger partial charge in [-0.3, -0.25) is 0 Å². The summed E-state index contributed by atoms with van der Waals surface area (Å²) < 4.78 is 11.3. The standard InChI is InChI=1S/C11H9BrClNO2/c1-15-9-3-6-7(4-10(9)16-2)11(13)14-5-8(6)12/h3-5H,1-2H3. The van der Waals surface area contributed by atoms with Crippen molar-refractivity contribution in [3.63, 3.8) is 0 Å². The predicted octanol–water partition coefficient (Wildman–Crippen LogP) is 3.67. The van der Waals surface area contributed by atoms with Crippen LogP contribution in [0.2, 0.25) is 5.15 Å². The number of pyridine rings is 1. The zero-order valence-corrected chi connectivity index (χ0v) is 11.1. The molecule has 84 valence electrons. The van der Waals surface area contributed by atoms with Crippen LogP contribution in [0.25, 0.3) is 10.8 Å². The molecular weight excluding hydrogens is 293 g/mol. The maximum absolute atomic E-state index is 6.03. The Labute approximate surface area is 106 Å². The van der Waals surface area contributed by atoms with Gasteiger partial charge in [-0.1, -0.05) is 11.6 Å². The van der Waals surface area contributed by atoms with E-state index >= 15 is 0 Å². The number of benzene rings is 1. The van der Waals surface area contributed by atoms with Crippen molar-refractivity contribution < 1.29 is 9.47 Å². The number of fused-ring (bicyclic) bond motifs is 1. The number of rotatable bonds is 2. The Morgan fingerprint density at radius 3 is 2.25 bits per heavy atom. The maximum atomic E-state index is 6.03. The molecule has 0 bridgehead atoms. The molecule has 5 heteroatoms. The van der Waals surface area contributed by atoms with Crippen molar-refractivity contribution in [2.24, 2.45) is 0 Å². The normalized spacial score (nSPS) is 10.5. The van der Waals surface area contributed by atoms with Crippen LogP contribution in [-0.2, 0) is 0 Å². The molecule has 0 aliphatic heterocycles. The molecule has 0 aliphatic carbocycles. The number of nitrogens with zero attached hydrogens (tertiary/aromatic N) is 1. The summed E-state index contributed by atoms with van der Waals surface area (Å²) in [5, 5.41) is 2.21. The minimum Gasteiger partial charge on any atom is -0.493 e. The van der Waals surface area contributed by atoms with Crippen molar-refractivity contribution >= 4 is 38.3 Å². The Morgan fingerprint density at radius 2 is 1.69 bits per heavy atom. The molecular formula is C11H9BrClNO2. The number of aromatic nitrogens is 1. The van der Waals surface area contributed by atoms with Crippen LogP contribution < -0.4 is 9.47 Å². The van der Waals surface area contributed by atoms with Gasteiger partial charge in [0.2, 0.25) is 0 Å². The van der Waals surface area contributed by atoms with E-state index in [1.165, 1.54) is 0 Å². The molecule has 1 aromatic heterocycles. The van der Waals surface area contributed by atoms with Gasteiger partial charge in [-0.15, -0.1) is 0 Å². The van der Waals surface area contributed by atoms with Crippen LogP contribution in [-0.4, -0.2) is 19.2 Å². The van der Waals surface area contributed by atoms with Crippen LogP contribution in [0.4, 0.5) is 0 Å². The van der Waals surface area contributed by atoms with Gasteiger partial charge in [-0.2, -0.15) is 0 Å². The highest BCUT2D eigenvalue weighted by molar-refractivity contribution is 9.10. The molecule has 0 aliphatic rings. The monoisotopic (exact) mass is 301 g/mol. The number of ether oxygens (including phenoxy) is 2. The average Bonchev–Trinajstić information content (AvgIpc) is 2.32. The molecule has 0 N–H and O–H groups in total. The summed E-state index contributed by atoms with van der Waals surface area (Å²) in [6.07, 6.45) is 1.66. The minimum absolute atomic E-state index is 0.444. The molecule has 3 nitrogen and oxygen atoms in total. The maximum Gasteiger partial charge on any atom is 0.161 e. The van der Waals surface area contributed by atoms with E-state index in [1.54, 1.807) is 20.4 Å². The molecule has 0 saturated heterocycles. The van der Waals surface area contributed by atoms with Gasteiger partial charge in [0, 0.05) is 21.4 Å². The van der Waals surface area contributed by atoms with E-state index in [1.807, 2.05) is 12.1 Å². The van der Waals surface area contributed by atoms with Crippen molar-refractivity contribution in [1.82, 2.24) is 4.98 Å². The molecule has 0 radical (unpaired) electrons. The third kappa shape index (κ3) is 1.83. The molecule has 0 spiro atoms. The van der Waals surface area contributed by atoms with E-state index in [2.05, 4.69) is 20.9 Å². The first-order valence-electron chi connectivity index (χ1n) is 4.53. The molecule has 0 fully saturated rings. The molecule has 0 amide bonds. The molecule has 2 rings (SSSR count). The van der Waals surface area contributed by atoms with Gasteiger partial charge in [0.1, 0.15) is 5.15 Å². The average molecular weight is 303 g/mol. The van der Waals surface area contributed by atoms with Crippen LogP contribution in [0.15, 0.2) is 22.8 Å². The Bertz CT molecular complexity index is 496. The van der Waals surface area contributed by atoms with Crippen LogP contribution in [0, 0.1) is 0 Å². The van der Waals surface area contributed by atoms with Crippen LogP contribution in [0.5, 0.6) is 11.5 Å². The first-order valence-corrected chi connectivity index (χ1v) is 5.70. The summed E-state index contributed by atoms with van der Waals surface area (Å²) in [7, 11) is 3.18. The predicted molar refractivity (Wildman–Crippen MR) is 67.6 cm³/mol. The number of halogens is 2. The fraction of sp³-hybridized carbons (Fsp3) is 0.182. The highest BCUT2D eigenvalue weighted by Crippen LogP contribution is 2.37. The third-order valence-electron chi connectivity index (χ3n) is 2.29. The van der Waals surface area contributed by atoms with Crippen molar-refractivity contribution in [3.8, 4) is 11.5 Å². The molecule has 0 atom stereocenters. The lowest BCUT2D eigenvalue weighted by atomic mass is 10.1. The summed E-state index contributed by atoms with van der Waals surface area (Å²) in [6.45, 7) is 0. The highest BCUT2D eigenvalue weighted by Gasteiger charge is 2.10. The lowest BCUT2D eigenvalue weighted by Crippen LogP contribution is -1.91. The molecule has 1 heterocycles. The summed E-state index contributed by atoms with van der Waals surface area (Å²) in [5.41, 5.74) is 0. The van der Waals surface area contributed by atoms with E-state index in [0.717, 1.165) is 15.2 Å². The van der Waals surface area contributed by atoms with Gasteiger partial charge in [0.25, 0.3) is 0 Å². The smallest absolute Gasteiger partial charge is 0.161 e. The Hall–Kier alpha value is -1.00. The Balaban J connectivity index is 2.82. The molecule has 0 saturated carbocycles. The zero-order valence-electron chi connectivity index (χ0n) is 8.75. The first-order chi connectivity index (χ1) is 7.67. The van der Waals surface area contributed by atoms with Gasteiger partial charge in [-0.05, 0) is 28.1 Å². The number of hydrogen-bond acceptors (Lipinski definition) is 3. The third-order valence-corrected chi connectivity index (χ3v) is 3.23. The van der Waals surface area contributed by atoms with Gasteiger partial charge >= 0.3 is 0 Å². The SMILES string of the molecule is COc1cc2c(Br)cnc(Cl)c2cc1OC. The fourth-order valence-electron chi connectivity index (χ4n) is 1.50. The van der Waals surface area contributed by atoms with Gasteiger partial charge in [0.15, 0.2) is 11.5 Å². The molecule has 16 heavy (non-hydrogen) atoms.